The highest BCUT2D eigenvalue weighted by molar-refractivity contribution is 5.95. The van der Waals surface area contributed by atoms with Crippen LogP contribution in [0.1, 0.15) is 26.4 Å². The molecule has 0 aliphatic carbocycles. The number of benzene rings is 2. The average molecular weight is 333 g/mol. The molecule has 5 heteroatoms. The molecule has 0 aliphatic heterocycles. The molecular formula is C20H19N3O2. The molecule has 126 valence electrons. The lowest BCUT2D eigenvalue weighted by Gasteiger charge is -2.11. The summed E-state index contributed by atoms with van der Waals surface area (Å²) in [5.41, 5.74) is 2.72. The fraction of sp³-hybridized carbons (Fsp3) is 0.150. The van der Waals surface area contributed by atoms with Crippen LogP contribution in [0.15, 0.2) is 60.7 Å². The van der Waals surface area contributed by atoms with Crippen LogP contribution in [-0.2, 0) is 6.54 Å². The van der Waals surface area contributed by atoms with Crippen LogP contribution in [0.4, 0.5) is 0 Å². The highest BCUT2D eigenvalue weighted by Crippen LogP contribution is 2.12. The maximum Gasteiger partial charge on any atom is 0.270 e. The van der Waals surface area contributed by atoms with Gasteiger partial charge in [0.05, 0.1) is 5.52 Å². The first kappa shape index (κ1) is 16.6. The van der Waals surface area contributed by atoms with E-state index in [1.165, 1.54) is 4.90 Å². The molecule has 0 atom stereocenters. The maximum atomic E-state index is 12.3. The van der Waals surface area contributed by atoms with E-state index in [9.17, 15) is 9.59 Å². The van der Waals surface area contributed by atoms with Crippen LogP contribution in [0.25, 0.3) is 10.9 Å². The van der Waals surface area contributed by atoms with Crippen molar-refractivity contribution < 1.29 is 9.59 Å². The maximum absolute atomic E-state index is 12.3. The molecule has 2 aromatic carbocycles. The van der Waals surface area contributed by atoms with Crippen LogP contribution in [0.5, 0.6) is 0 Å². The third-order valence-corrected chi connectivity index (χ3v) is 3.89. The Balaban J connectivity index is 1.66. The van der Waals surface area contributed by atoms with Crippen LogP contribution in [0, 0.1) is 0 Å². The second kappa shape index (κ2) is 7.13. The van der Waals surface area contributed by atoms with Gasteiger partial charge < -0.3 is 10.2 Å². The van der Waals surface area contributed by atoms with Gasteiger partial charge in [-0.05, 0) is 29.8 Å². The van der Waals surface area contributed by atoms with Crippen molar-refractivity contribution in [2.45, 2.75) is 6.54 Å². The molecule has 25 heavy (non-hydrogen) atoms. The molecule has 1 heterocycles. The molecule has 0 aliphatic rings. The Labute approximate surface area is 146 Å². The Hall–Kier alpha value is -3.21. The molecule has 0 unspecified atom stereocenters. The smallest absolute Gasteiger partial charge is 0.270 e. The van der Waals surface area contributed by atoms with E-state index in [2.05, 4.69) is 10.3 Å². The molecule has 0 spiro atoms. The minimum absolute atomic E-state index is 0.0454. The van der Waals surface area contributed by atoms with Crippen molar-refractivity contribution >= 4 is 22.7 Å². The van der Waals surface area contributed by atoms with Gasteiger partial charge in [-0.25, -0.2) is 4.98 Å². The van der Waals surface area contributed by atoms with Gasteiger partial charge in [0.25, 0.3) is 11.8 Å². The van der Waals surface area contributed by atoms with E-state index in [0.29, 0.717) is 17.8 Å². The van der Waals surface area contributed by atoms with E-state index in [4.69, 9.17) is 0 Å². The number of para-hydroxylation sites is 1. The van der Waals surface area contributed by atoms with Gasteiger partial charge in [0.2, 0.25) is 0 Å². The number of carbonyl (C=O) groups excluding carboxylic acids is 2. The van der Waals surface area contributed by atoms with Crippen molar-refractivity contribution in [2.75, 3.05) is 14.1 Å². The number of hydrogen-bond acceptors (Lipinski definition) is 3. The summed E-state index contributed by atoms with van der Waals surface area (Å²) in [6.45, 7) is 0.379. The molecule has 0 saturated heterocycles. The summed E-state index contributed by atoms with van der Waals surface area (Å²) in [5.74, 6) is -0.268. The predicted octanol–water partition coefficient (Wildman–Crippen LogP) is 2.87. The van der Waals surface area contributed by atoms with Gasteiger partial charge in [-0.2, -0.15) is 0 Å². The first-order valence-corrected chi connectivity index (χ1v) is 7.99. The van der Waals surface area contributed by atoms with Crippen molar-refractivity contribution in [2.24, 2.45) is 0 Å². The van der Waals surface area contributed by atoms with Crippen molar-refractivity contribution in [1.82, 2.24) is 15.2 Å². The van der Waals surface area contributed by atoms with Crippen LogP contribution < -0.4 is 5.32 Å². The predicted molar refractivity (Wildman–Crippen MR) is 97.4 cm³/mol. The summed E-state index contributed by atoms with van der Waals surface area (Å²) >= 11 is 0. The molecule has 1 aromatic heterocycles. The van der Waals surface area contributed by atoms with E-state index in [1.807, 2.05) is 42.5 Å². The van der Waals surface area contributed by atoms with Gasteiger partial charge in [-0.3, -0.25) is 9.59 Å². The SMILES string of the molecule is CN(C)C(=O)c1ccc(CNC(=O)c2ccc3ccccc3n2)cc1. The summed E-state index contributed by atoms with van der Waals surface area (Å²) in [6.07, 6.45) is 0. The molecule has 1 N–H and O–H groups in total. The van der Waals surface area contributed by atoms with Crippen molar-refractivity contribution in [3.63, 3.8) is 0 Å². The van der Waals surface area contributed by atoms with Crippen molar-refractivity contribution in [3.8, 4) is 0 Å². The van der Waals surface area contributed by atoms with Crippen LogP contribution in [0.2, 0.25) is 0 Å². The summed E-state index contributed by atoms with van der Waals surface area (Å²) in [5, 5.41) is 3.85. The average Bonchev–Trinajstić information content (AvgIpc) is 2.65. The number of fused-ring (bicyclic) bond motifs is 1. The van der Waals surface area contributed by atoms with Crippen LogP contribution in [0.3, 0.4) is 0 Å². The molecular weight excluding hydrogens is 314 g/mol. The standard InChI is InChI=1S/C20H19N3O2/c1-23(2)20(25)16-9-7-14(8-10-16)13-21-19(24)18-12-11-15-5-3-4-6-17(15)22-18/h3-12H,13H2,1-2H3,(H,21,24). The van der Waals surface area contributed by atoms with E-state index in [-0.39, 0.29) is 11.8 Å². The Bertz CT molecular complexity index is 918. The monoisotopic (exact) mass is 333 g/mol. The third kappa shape index (κ3) is 3.83. The van der Waals surface area contributed by atoms with Gasteiger partial charge in [0.15, 0.2) is 0 Å². The molecule has 0 fully saturated rings. The zero-order valence-corrected chi connectivity index (χ0v) is 14.2. The van der Waals surface area contributed by atoms with Gasteiger partial charge in [-0.1, -0.05) is 36.4 Å². The summed E-state index contributed by atoms with van der Waals surface area (Å²) in [4.78, 5) is 30.1. The Morgan fingerprint density at radius 3 is 2.40 bits per heavy atom. The Morgan fingerprint density at radius 1 is 0.960 bits per heavy atom. The number of nitrogens with zero attached hydrogens (tertiary/aromatic N) is 2. The molecule has 0 radical (unpaired) electrons. The summed E-state index contributed by atoms with van der Waals surface area (Å²) < 4.78 is 0. The zero-order valence-electron chi connectivity index (χ0n) is 14.2. The highest BCUT2D eigenvalue weighted by Gasteiger charge is 2.09. The fourth-order valence-corrected chi connectivity index (χ4v) is 2.49. The molecule has 2 amide bonds. The number of pyridine rings is 1. The van der Waals surface area contributed by atoms with E-state index < -0.39 is 0 Å². The zero-order chi connectivity index (χ0) is 17.8. The Kier molecular flexibility index (Phi) is 4.75. The van der Waals surface area contributed by atoms with E-state index in [1.54, 1.807) is 32.3 Å². The number of hydrogen-bond donors (Lipinski definition) is 1. The lowest BCUT2D eigenvalue weighted by atomic mass is 10.1. The third-order valence-electron chi connectivity index (χ3n) is 3.89. The second-order valence-electron chi connectivity index (χ2n) is 5.97. The second-order valence-corrected chi connectivity index (χ2v) is 5.97. The first-order chi connectivity index (χ1) is 12.0. The Morgan fingerprint density at radius 2 is 1.68 bits per heavy atom. The molecule has 3 aromatic rings. The topological polar surface area (TPSA) is 62.3 Å². The normalized spacial score (nSPS) is 10.5. The molecule has 0 saturated carbocycles. The summed E-state index contributed by atoms with van der Waals surface area (Å²) in [6, 6.07) is 18.5. The van der Waals surface area contributed by atoms with E-state index in [0.717, 1.165) is 16.5 Å². The number of rotatable bonds is 4. The molecule has 0 bridgehead atoms. The number of aromatic nitrogens is 1. The lowest BCUT2D eigenvalue weighted by molar-refractivity contribution is 0.0827. The fourth-order valence-electron chi connectivity index (χ4n) is 2.49. The largest absolute Gasteiger partial charge is 0.347 e. The lowest BCUT2D eigenvalue weighted by Crippen LogP contribution is -2.24. The van der Waals surface area contributed by atoms with Crippen LogP contribution >= 0.6 is 0 Å². The minimum Gasteiger partial charge on any atom is -0.347 e. The van der Waals surface area contributed by atoms with Gasteiger partial charge in [0, 0.05) is 31.6 Å². The van der Waals surface area contributed by atoms with Gasteiger partial charge in [-0.15, -0.1) is 0 Å². The van der Waals surface area contributed by atoms with Crippen LogP contribution in [-0.4, -0.2) is 35.8 Å². The minimum atomic E-state index is -0.223. The summed E-state index contributed by atoms with van der Waals surface area (Å²) in [7, 11) is 3.43. The number of amides is 2. The number of carbonyl (C=O) groups is 2. The van der Waals surface area contributed by atoms with Gasteiger partial charge in [0.1, 0.15) is 5.69 Å². The van der Waals surface area contributed by atoms with E-state index >= 15 is 0 Å². The quantitative estimate of drug-likeness (QED) is 0.798. The number of nitrogens with one attached hydrogen (secondary N) is 1. The molecule has 3 rings (SSSR count). The molecule has 5 nitrogen and oxygen atoms in total. The van der Waals surface area contributed by atoms with Gasteiger partial charge >= 0.3 is 0 Å². The highest BCUT2D eigenvalue weighted by atomic mass is 16.2. The van der Waals surface area contributed by atoms with Crippen molar-refractivity contribution in [3.05, 3.63) is 77.5 Å². The first-order valence-electron chi connectivity index (χ1n) is 7.99. The van der Waals surface area contributed by atoms with Crippen molar-refractivity contribution in [1.29, 1.82) is 0 Å².